The summed E-state index contributed by atoms with van der Waals surface area (Å²) in [4.78, 5) is 11.4. The molecule has 1 saturated heterocycles. The number of carbonyl (C=O) groups is 1. The van der Waals surface area contributed by atoms with Crippen molar-refractivity contribution >= 4 is 40.4 Å². The second kappa shape index (κ2) is 5.36. The smallest absolute Gasteiger partial charge is 0.259 e. The second-order valence-corrected chi connectivity index (χ2v) is 5.05. The first kappa shape index (κ1) is 12.8. The van der Waals surface area contributed by atoms with Crippen LogP contribution in [0.2, 0.25) is 0 Å². The lowest BCUT2D eigenvalue weighted by atomic mass is 10.2. The van der Waals surface area contributed by atoms with E-state index in [-0.39, 0.29) is 11.7 Å². The van der Waals surface area contributed by atoms with E-state index in [0.29, 0.717) is 21.4 Å². The molecule has 1 aromatic rings. The summed E-state index contributed by atoms with van der Waals surface area (Å²) in [5.41, 5.74) is 0.654. The summed E-state index contributed by atoms with van der Waals surface area (Å²) in [5.74, 6) is 0.588. The molecule has 0 aromatic heterocycles. The minimum atomic E-state index is -0.140. The average Bonchev–Trinajstić information content (AvgIpc) is 2.67. The Morgan fingerprint density at radius 2 is 2.39 bits per heavy atom. The Morgan fingerprint density at radius 3 is 2.94 bits per heavy atom. The number of carbonyl (C=O) groups excluding carboxylic acids is 1. The molecular weight excluding hydrogens is 272 g/mol. The molecule has 1 fully saturated rings. The lowest BCUT2D eigenvalue weighted by molar-refractivity contribution is -0.123. The van der Waals surface area contributed by atoms with Crippen molar-refractivity contribution in [3.63, 3.8) is 0 Å². The third kappa shape index (κ3) is 2.62. The number of nitrogens with zero attached hydrogens (tertiary/aromatic N) is 2. The predicted molar refractivity (Wildman–Crippen MR) is 74.2 cm³/mol. The lowest BCUT2D eigenvalue weighted by Gasteiger charge is -2.07. The molecule has 1 N–H and O–H groups in total. The van der Waals surface area contributed by atoms with E-state index in [1.165, 1.54) is 36.2 Å². The number of methoxy groups -OCH3 is 1. The Labute approximate surface area is 113 Å². The first-order chi connectivity index (χ1) is 8.61. The molecular formula is C11H10N2O3S2. The fourth-order valence-corrected chi connectivity index (χ4v) is 2.34. The highest BCUT2D eigenvalue weighted by Gasteiger charge is 2.25. The van der Waals surface area contributed by atoms with Gasteiger partial charge < -0.3 is 9.84 Å². The molecule has 0 unspecified atom stereocenters. The number of hydrogen-bond donors (Lipinski definition) is 1. The van der Waals surface area contributed by atoms with Crippen molar-refractivity contribution in [2.45, 2.75) is 0 Å². The second-order valence-electron chi connectivity index (χ2n) is 3.44. The summed E-state index contributed by atoms with van der Waals surface area (Å²) in [5, 5.41) is 14.8. The molecule has 0 saturated carbocycles. The summed E-state index contributed by atoms with van der Waals surface area (Å²) in [6.45, 7) is 0. The number of phenols is 1. The number of phenolic OH excluding ortho intramolecular Hbond substituents is 1. The van der Waals surface area contributed by atoms with Crippen LogP contribution in [-0.2, 0) is 4.79 Å². The quantitative estimate of drug-likeness (QED) is 0.674. The van der Waals surface area contributed by atoms with Crippen LogP contribution in [0.3, 0.4) is 0 Å². The van der Waals surface area contributed by atoms with Gasteiger partial charge in [0.15, 0.2) is 15.8 Å². The van der Waals surface area contributed by atoms with E-state index in [1.54, 1.807) is 12.1 Å². The highest BCUT2D eigenvalue weighted by molar-refractivity contribution is 8.23. The standard InChI is InChI=1S/C11H10N2O3S2/c1-16-9-3-2-7(4-8(9)14)5-12-13-10(15)6-18-11(13)17/h2-5,14H,6H2,1H3/b12-5+. The zero-order valence-electron chi connectivity index (χ0n) is 9.49. The van der Waals surface area contributed by atoms with Crippen LogP contribution in [0.5, 0.6) is 11.5 Å². The normalized spacial score (nSPS) is 15.7. The third-order valence-corrected chi connectivity index (χ3v) is 3.59. The van der Waals surface area contributed by atoms with Gasteiger partial charge in [0.1, 0.15) is 0 Å². The minimum absolute atomic E-state index is 0.0196. The van der Waals surface area contributed by atoms with Gasteiger partial charge >= 0.3 is 0 Å². The van der Waals surface area contributed by atoms with Gasteiger partial charge in [-0.2, -0.15) is 10.1 Å². The number of ether oxygens (including phenoxy) is 1. The van der Waals surface area contributed by atoms with Gasteiger partial charge in [0.05, 0.1) is 19.1 Å². The Balaban J connectivity index is 2.16. The van der Waals surface area contributed by atoms with E-state index in [9.17, 15) is 9.90 Å². The van der Waals surface area contributed by atoms with Crippen LogP contribution >= 0.6 is 24.0 Å². The number of amides is 1. The van der Waals surface area contributed by atoms with Crippen LogP contribution in [0.4, 0.5) is 0 Å². The highest BCUT2D eigenvalue weighted by Crippen LogP contribution is 2.25. The maximum Gasteiger partial charge on any atom is 0.259 e. The van der Waals surface area contributed by atoms with Crippen LogP contribution in [0.1, 0.15) is 5.56 Å². The predicted octanol–water partition coefficient (Wildman–Crippen LogP) is 1.59. The molecule has 0 bridgehead atoms. The van der Waals surface area contributed by atoms with Crippen LogP contribution in [0, 0.1) is 0 Å². The number of benzene rings is 1. The van der Waals surface area contributed by atoms with Crippen LogP contribution < -0.4 is 4.74 Å². The molecule has 94 valence electrons. The van der Waals surface area contributed by atoms with E-state index in [4.69, 9.17) is 17.0 Å². The van der Waals surface area contributed by atoms with Crippen LogP contribution in [-0.4, -0.2) is 39.4 Å². The molecule has 1 amide bonds. The maximum atomic E-state index is 11.4. The first-order valence-corrected chi connectivity index (χ1v) is 6.42. The zero-order valence-corrected chi connectivity index (χ0v) is 11.1. The highest BCUT2D eigenvalue weighted by atomic mass is 32.2. The Hall–Kier alpha value is -1.60. The van der Waals surface area contributed by atoms with Crippen molar-refractivity contribution in [1.29, 1.82) is 0 Å². The molecule has 2 rings (SSSR count). The number of aromatic hydroxyl groups is 1. The minimum Gasteiger partial charge on any atom is -0.504 e. The summed E-state index contributed by atoms with van der Waals surface area (Å²) in [7, 11) is 1.47. The van der Waals surface area contributed by atoms with E-state index in [2.05, 4.69) is 5.10 Å². The topological polar surface area (TPSA) is 62.1 Å². The van der Waals surface area contributed by atoms with Gasteiger partial charge in [-0.1, -0.05) is 24.0 Å². The van der Waals surface area contributed by atoms with Crippen LogP contribution in [0.25, 0.3) is 0 Å². The molecule has 1 aliphatic heterocycles. The van der Waals surface area contributed by atoms with Gasteiger partial charge in [0.2, 0.25) is 0 Å². The Morgan fingerprint density at radius 1 is 1.61 bits per heavy atom. The maximum absolute atomic E-state index is 11.4. The molecule has 0 atom stereocenters. The molecule has 1 aromatic carbocycles. The number of hydrazone groups is 1. The summed E-state index contributed by atoms with van der Waals surface area (Å²) < 4.78 is 5.37. The lowest BCUT2D eigenvalue weighted by Crippen LogP contribution is -2.22. The molecule has 1 aliphatic rings. The van der Waals surface area contributed by atoms with Crippen molar-refractivity contribution in [3.05, 3.63) is 23.8 Å². The number of thiocarbonyl (C=S) groups is 1. The molecule has 0 spiro atoms. The van der Waals surface area contributed by atoms with Crippen molar-refractivity contribution in [2.75, 3.05) is 12.9 Å². The van der Waals surface area contributed by atoms with E-state index in [1.807, 2.05) is 0 Å². The monoisotopic (exact) mass is 282 g/mol. The SMILES string of the molecule is COc1ccc(/C=N/N2C(=O)CSC2=S)cc1O. The summed E-state index contributed by atoms with van der Waals surface area (Å²) in [6, 6.07) is 4.84. The fourth-order valence-electron chi connectivity index (χ4n) is 1.37. The van der Waals surface area contributed by atoms with Crippen LogP contribution in [0.15, 0.2) is 23.3 Å². The Bertz CT molecular complexity index is 515. The van der Waals surface area contributed by atoms with E-state index >= 15 is 0 Å². The van der Waals surface area contributed by atoms with Crippen molar-refractivity contribution < 1.29 is 14.6 Å². The van der Waals surface area contributed by atoms with Gasteiger partial charge in [-0.15, -0.1) is 0 Å². The average molecular weight is 282 g/mol. The van der Waals surface area contributed by atoms with Gasteiger partial charge in [-0.25, -0.2) is 0 Å². The zero-order chi connectivity index (χ0) is 13.1. The van der Waals surface area contributed by atoms with Gasteiger partial charge in [0.25, 0.3) is 5.91 Å². The largest absolute Gasteiger partial charge is 0.504 e. The number of thioether (sulfide) groups is 1. The van der Waals surface area contributed by atoms with Gasteiger partial charge in [0, 0.05) is 0 Å². The van der Waals surface area contributed by atoms with Crippen molar-refractivity contribution in [1.82, 2.24) is 5.01 Å². The fraction of sp³-hybridized carbons (Fsp3) is 0.182. The van der Waals surface area contributed by atoms with Gasteiger partial charge in [-0.3, -0.25) is 4.79 Å². The number of hydrogen-bond acceptors (Lipinski definition) is 6. The Kier molecular flexibility index (Phi) is 3.83. The van der Waals surface area contributed by atoms with E-state index < -0.39 is 0 Å². The molecule has 0 aliphatic carbocycles. The molecule has 18 heavy (non-hydrogen) atoms. The third-order valence-electron chi connectivity index (χ3n) is 2.25. The van der Waals surface area contributed by atoms with Crippen molar-refractivity contribution in [3.8, 4) is 11.5 Å². The van der Waals surface area contributed by atoms with E-state index in [0.717, 1.165) is 0 Å². The van der Waals surface area contributed by atoms with Crippen molar-refractivity contribution in [2.24, 2.45) is 5.10 Å². The first-order valence-electron chi connectivity index (χ1n) is 5.02. The molecule has 5 nitrogen and oxygen atoms in total. The summed E-state index contributed by atoms with van der Waals surface area (Å²) >= 11 is 6.27. The number of rotatable bonds is 3. The molecule has 1 heterocycles. The molecule has 0 radical (unpaired) electrons. The summed E-state index contributed by atoms with van der Waals surface area (Å²) in [6.07, 6.45) is 1.47. The van der Waals surface area contributed by atoms with Gasteiger partial charge in [-0.05, 0) is 23.8 Å². The molecule has 7 heteroatoms.